The molecule has 17 heavy (non-hydrogen) atoms. The molecule has 3 nitrogen and oxygen atoms in total. The van der Waals surface area contributed by atoms with Gasteiger partial charge < -0.3 is 10.1 Å². The van der Waals surface area contributed by atoms with Crippen molar-refractivity contribution >= 4 is 6.09 Å². The molecule has 0 aliphatic rings. The number of alkyl halides is 4. The molecule has 0 heterocycles. The van der Waals surface area contributed by atoms with E-state index in [0.717, 1.165) is 0 Å². The lowest BCUT2D eigenvalue weighted by Crippen LogP contribution is -2.42. The lowest BCUT2D eigenvalue weighted by Gasteiger charge is -2.15. The fourth-order valence-corrected chi connectivity index (χ4v) is 0.899. The second kappa shape index (κ2) is 5.51. The van der Waals surface area contributed by atoms with Crippen LogP contribution in [0, 0.1) is 0 Å². The minimum Gasteiger partial charge on any atom is -0.410 e. The summed E-state index contributed by atoms with van der Waals surface area (Å²) in [7, 11) is 0. The maximum absolute atomic E-state index is 12.4. The standard InChI is InChI=1S/C10H9F4NO2/c11-8(12)10(13,14)6-15-9(16)17-7-4-2-1-3-5-7/h1-5,8H,6H2,(H,15,16). The van der Waals surface area contributed by atoms with E-state index in [1.165, 1.54) is 12.1 Å². The zero-order valence-corrected chi connectivity index (χ0v) is 8.50. The first kappa shape index (κ1) is 13.3. The molecule has 0 saturated carbocycles. The lowest BCUT2D eigenvalue weighted by molar-refractivity contribution is -0.123. The van der Waals surface area contributed by atoms with Crippen molar-refractivity contribution in [3.05, 3.63) is 30.3 Å². The summed E-state index contributed by atoms with van der Waals surface area (Å²) >= 11 is 0. The van der Waals surface area contributed by atoms with Crippen LogP contribution in [-0.2, 0) is 0 Å². The number of rotatable bonds is 4. The van der Waals surface area contributed by atoms with Crippen molar-refractivity contribution < 1.29 is 27.1 Å². The number of carbonyl (C=O) groups excluding carboxylic acids is 1. The van der Waals surface area contributed by atoms with E-state index < -0.39 is 25.0 Å². The highest BCUT2D eigenvalue weighted by Gasteiger charge is 2.41. The van der Waals surface area contributed by atoms with Crippen LogP contribution >= 0.6 is 0 Å². The van der Waals surface area contributed by atoms with Gasteiger partial charge in [-0.2, -0.15) is 8.78 Å². The molecule has 1 amide bonds. The first-order valence-electron chi connectivity index (χ1n) is 4.58. The fourth-order valence-electron chi connectivity index (χ4n) is 0.899. The molecule has 94 valence electrons. The van der Waals surface area contributed by atoms with Crippen LogP contribution in [-0.4, -0.2) is 25.0 Å². The third kappa shape index (κ3) is 4.29. The van der Waals surface area contributed by atoms with Gasteiger partial charge in [-0.05, 0) is 12.1 Å². The molecule has 1 rings (SSSR count). The second-order valence-corrected chi connectivity index (χ2v) is 3.12. The van der Waals surface area contributed by atoms with E-state index in [1.54, 1.807) is 23.5 Å². The first-order chi connectivity index (χ1) is 7.92. The van der Waals surface area contributed by atoms with Gasteiger partial charge in [0.05, 0.1) is 6.54 Å². The quantitative estimate of drug-likeness (QED) is 0.835. The fraction of sp³-hybridized carbons (Fsp3) is 0.300. The molecule has 0 radical (unpaired) electrons. The SMILES string of the molecule is O=C(NCC(F)(F)C(F)F)Oc1ccccc1. The first-order valence-corrected chi connectivity index (χ1v) is 4.58. The average Bonchev–Trinajstić information content (AvgIpc) is 2.28. The van der Waals surface area contributed by atoms with Crippen molar-refractivity contribution in [1.29, 1.82) is 0 Å². The van der Waals surface area contributed by atoms with Gasteiger partial charge in [-0.25, -0.2) is 13.6 Å². The van der Waals surface area contributed by atoms with Crippen molar-refractivity contribution in [2.24, 2.45) is 0 Å². The molecule has 0 fully saturated rings. The Labute approximate surface area is 94.4 Å². The van der Waals surface area contributed by atoms with Gasteiger partial charge in [-0.1, -0.05) is 18.2 Å². The molecule has 7 heteroatoms. The van der Waals surface area contributed by atoms with E-state index in [0.29, 0.717) is 0 Å². The molecule has 0 saturated heterocycles. The van der Waals surface area contributed by atoms with Crippen LogP contribution in [0.25, 0.3) is 0 Å². The Morgan fingerprint density at radius 1 is 1.29 bits per heavy atom. The number of hydrogen-bond donors (Lipinski definition) is 1. The van der Waals surface area contributed by atoms with Gasteiger partial charge in [0.25, 0.3) is 0 Å². The van der Waals surface area contributed by atoms with Gasteiger partial charge in [-0.3, -0.25) is 0 Å². The maximum Gasteiger partial charge on any atom is 0.412 e. The Hall–Kier alpha value is -1.79. The van der Waals surface area contributed by atoms with Crippen molar-refractivity contribution in [2.75, 3.05) is 6.54 Å². The van der Waals surface area contributed by atoms with Crippen LogP contribution < -0.4 is 10.1 Å². The van der Waals surface area contributed by atoms with Crippen molar-refractivity contribution in [1.82, 2.24) is 5.32 Å². The predicted molar refractivity (Wildman–Crippen MR) is 51.4 cm³/mol. The molecular formula is C10H9F4NO2. The van der Waals surface area contributed by atoms with Crippen molar-refractivity contribution in [3.8, 4) is 5.75 Å². The van der Waals surface area contributed by atoms with Gasteiger partial charge in [0, 0.05) is 0 Å². The number of carbonyl (C=O) groups is 1. The maximum atomic E-state index is 12.4. The lowest BCUT2D eigenvalue weighted by atomic mass is 10.3. The Balaban J connectivity index is 2.41. The van der Waals surface area contributed by atoms with Crippen LogP contribution in [0.1, 0.15) is 0 Å². The molecule has 0 unspecified atom stereocenters. The number of para-hydroxylation sites is 1. The number of amides is 1. The summed E-state index contributed by atoms with van der Waals surface area (Å²) in [6, 6.07) is 7.64. The Morgan fingerprint density at radius 3 is 2.41 bits per heavy atom. The van der Waals surface area contributed by atoms with Gasteiger partial charge in [-0.15, -0.1) is 0 Å². The molecule has 1 aromatic carbocycles. The number of nitrogens with one attached hydrogen (secondary N) is 1. The third-order valence-electron chi connectivity index (χ3n) is 1.74. The van der Waals surface area contributed by atoms with Crippen molar-refractivity contribution in [3.63, 3.8) is 0 Å². The summed E-state index contributed by atoms with van der Waals surface area (Å²) in [6.45, 7) is -1.48. The minimum atomic E-state index is -4.27. The van der Waals surface area contributed by atoms with E-state index >= 15 is 0 Å². The van der Waals surface area contributed by atoms with E-state index in [2.05, 4.69) is 4.74 Å². The van der Waals surface area contributed by atoms with Crippen LogP contribution in [0.2, 0.25) is 0 Å². The molecule has 1 aromatic rings. The molecule has 1 N–H and O–H groups in total. The monoisotopic (exact) mass is 251 g/mol. The molecule has 0 aromatic heterocycles. The van der Waals surface area contributed by atoms with Crippen molar-refractivity contribution in [2.45, 2.75) is 12.3 Å². The second-order valence-electron chi connectivity index (χ2n) is 3.12. The highest BCUT2D eigenvalue weighted by Crippen LogP contribution is 2.21. The largest absolute Gasteiger partial charge is 0.412 e. The van der Waals surface area contributed by atoms with Crippen LogP contribution in [0.15, 0.2) is 30.3 Å². The number of ether oxygens (including phenoxy) is 1. The summed E-state index contributed by atoms with van der Waals surface area (Å²) < 4.78 is 52.9. The third-order valence-corrected chi connectivity index (χ3v) is 1.74. The number of halogens is 4. The summed E-state index contributed by atoms with van der Waals surface area (Å²) in [4.78, 5) is 11.0. The molecule has 0 aliphatic carbocycles. The zero-order valence-electron chi connectivity index (χ0n) is 8.50. The zero-order chi connectivity index (χ0) is 12.9. The van der Waals surface area contributed by atoms with E-state index in [4.69, 9.17) is 0 Å². The number of hydrogen-bond acceptors (Lipinski definition) is 2. The van der Waals surface area contributed by atoms with Crippen LogP contribution in [0.5, 0.6) is 5.75 Å². The molecule has 0 atom stereocenters. The summed E-state index contributed by atoms with van der Waals surface area (Å²) in [5.41, 5.74) is 0. The minimum absolute atomic E-state index is 0.130. The highest BCUT2D eigenvalue weighted by atomic mass is 19.3. The molecular weight excluding hydrogens is 242 g/mol. The predicted octanol–water partition coefficient (Wildman–Crippen LogP) is 2.68. The van der Waals surface area contributed by atoms with Crippen LogP contribution in [0.4, 0.5) is 22.4 Å². The molecule has 0 aliphatic heterocycles. The smallest absolute Gasteiger partial charge is 0.410 e. The van der Waals surface area contributed by atoms with E-state index in [-0.39, 0.29) is 5.75 Å². The van der Waals surface area contributed by atoms with Gasteiger partial charge in [0.15, 0.2) is 0 Å². The topological polar surface area (TPSA) is 38.3 Å². The Morgan fingerprint density at radius 2 is 1.88 bits per heavy atom. The Kier molecular flexibility index (Phi) is 4.30. The van der Waals surface area contributed by atoms with Gasteiger partial charge in [0.2, 0.25) is 0 Å². The number of benzene rings is 1. The van der Waals surface area contributed by atoms with Gasteiger partial charge >= 0.3 is 18.4 Å². The molecule has 0 spiro atoms. The normalized spacial score (nSPS) is 11.4. The van der Waals surface area contributed by atoms with Crippen LogP contribution in [0.3, 0.4) is 0 Å². The summed E-state index contributed by atoms with van der Waals surface area (Å²) in [5.74, 6) is -4.14. The van der Waals surface area contributed by atoms with E-state index in [9.17, 15) is 22.4 Å². The summed E-state index contributed by atoms with van der Waals surface area (Å²) in [5, 5.41) is 1.56. The summed E-state index contributed by atoms with van der Waals surface area (Å²) in [6.07, 6.45) is -5.05. The Bertz CT molecular complexity index is 370. The molecule has 0 bridgehead atoms. The highest BCUT2D eigenvalue weighted by molar-refractivity contribution is 5.70. The van der Waals surface area contributed by atoms with E-state index in [1.807, 2.05) is 0 Å². The average molecular weight is 251 g/mol. The van der Waals surface area contributed by atoms with Gasteiger partial charge in [0.1, 0.15) is 5.75 Å².